The molecule has 1 heterocycles. The lowest BCUT2D eigenvalue weighted by Gasteiger charge is -2.27. The topological polar surface area (TPSA) is 64.8 Å². The lowest BCUT2D eigenvalue weighted by atomic mass is 10.00. The van der Waals surface area contributed by atoms with Crippen LogP contribution in [0, 0.1) is 0 Å². The molecular weight excluding hydrogens is 268 g/mol. The first-order chi connectivity index (χ1) is 10.2. The Kier molecular flexibility index (Phi) is 3.76. The van der Waals surface area contributed by atoms with E-state index in [-0.39, 0.29) is 18.0 Å². The Morgan fingerprint density at radius 2 is 2.10 bits per heavy atom. The Labute approximate surface area is 125 Å². The second-order valence-corrected chi connectivity index (χ2v) is 5.69. The maximum atomic E-state index is 12.2. The third-order valence-electron chi connectivity index (χ3n) is 4.17. The fourth-order valence-corrected chi connectivity index (χ4v) is 3.11. The second kappa shape index (κ2) is 5.56. The van der Waals surface area contributed by atoms with E-state index < -0.39 is 0 Å². The van der Waals surface area contributed by atoms with Gasteiger partial charge in [0.25, 0.3) is 0 Å². The van der Waals surface area contributed by atoms with Crippen molar-refractivity contribution in [2.75, 3.05) is 13.7 Å². The fourth-order valence-electron chi connectivity index (χ4n) is 3.11. The number of likely N-dealkylation sites (tertiary alicyclic amines) is 1. The summed E-state index contributed by atoms with van der Waals surface area (Å²) in [5.41, 5.74) is 7.24. The van der Waals surface area contributed by atoms with Crippen LogP contribution in [-0.2, 0) is 4.79 Å². The number of nitrogens with two attached hydrogens (primary N) is 1. The highest BCUT2D eigenvalue weighted by Gasteiger charge is 2.46. The van der Waals surface area contributed by atoms with Crippen molar-refractivity contribution in [3.8, 4) is 11.5 Å². The number of carbonyl (C=O) groups is 1. The molecule has 1 aromatic rings. The molecule has 2 fully saturated rings. The predicted molar refractivity (Wildman–Crippen MR) is 79.4 cm³/mol. The molecule has 0 bridgehead atoms. The zero-order valence-corrected chi connectivity index (χ0v) is 12.5. The van der Waals surface area contributed by atoms with Crippen LogP contribution in [-0.4, -0.2) is 36.6 Å². The molecule has 2 atom stereocenters. The number of hydrogen-bond donors (Lipinski definition) is 1. The van der Waals surface area contributed by atoms with Crippen molar-refractivity contribution in [1.29, 1.82) is 0 Å². The van der Waals surface area contributed by atoms with Crippen molar-refractivity contribution < 1.29 is 14.3 Å². The third-order valence-corrected chi connectivity index (χ3v) is 4.17. The maximum absolute atomic E-state index is 12.2. The average molecular weight is 290 g/mol. The molecule has 114 valence electrons. The van der Waals surface area contributed by atoms with Gasteiger partial charge in [-0.25, -0.2) is 0 Å². The van der Waals surface area contributed by atoms with Gasteiger partial charge in [0.1, 0.15) is 0 Å². The normalized spacial score (nSPS) is 25.3. The van der Waals surface area contributed by atoms with Crippen LogP contribution in [0.1, 0.15) is 37.8 Å². The van der Waals surface area contributed by atoms with E-state index in [1.54, 1.807) is 7.11 Å². The molecule has 2 unspecified atom stereocenters. The van der Waals surface area contributed by atoms with E-state index in [0.29, 0.717) is 24.8 Å². The van der Waals surface area contributed by atoms with Gasteiger partial charge in [-0.3, -0.25) is 4.79 Å². The fraction of sp³-hybridized carbons (Fsp3) is 0.562. The summed E-state index contributed by atoms with van der Waals surface area (Å²) in [5.74, 6) is 1.58. The van der Waals surface area contributed by atoms with Crippen molar-refractivity contribution in [2.45, 2.75) is 44.3 Å². The minimum atomic E-state index is -0.152. The molecule has 5 heteroatoms. The summed E-state index contributed by atoms with van der Waals surface area (Å²) in [7, 11) is 1.63. The summed E-state index contributed by atoms with van der Waals surface area (Å²) in [6, 6.07) is 6.01. The molecule has 1 aromatic carbocycles. The zero-order valence-electron chi connectivity index (χ0n) is 12.5. The summed E-state index contributed by atoms with van der Waals surface area (Å²) in [6.07, 6.45) is 2.60. The largest absolute Gasteiger partial charge is 0.493 e. The summed E-state index contributed by atoms with van der Waals surface area (Å²) < 4.78 is 10.9. The molecule has 5 nitrogen and oxygen atoms in total. The van der Waals surface area contributed by atoms with E-state index in [2.05, 4.69) is 0 Å². The van der Waals surface area contributed by atoms with Gasteiger partial charge in [0.05, 0.1) is 19.8 Å². The number of hydrogen-bond acceptors (Lipinski definition) is 4. The molecule has 2 aliphatic rings. The van der Waals surface area contributed by atoms with Gasteiger partial charge in [-0.2, -0.15) is 0 Å². The molecule has 0 radical (unpaired) electrons. The molecule has 1 saturated carbocycles. The average Bonchev–Trinajstić information content (AvgIpc) is 3.25. The minimum Gasteiger partial charge on any atom is -0.493 e. The second-order valence-electron chi connectivity index (χ2n) is 5.69. The van der Waals surface area contributed by atoms with E-state index in [4.69, 9.17) is 15.2 Å². The summed E-state index contributed by atoms with van der Waals surface area (Å²) in [4.78, 5) is 14.1. The first-order valence-corrected chi connectivity index (χ1v) is 7.53. The molecule has 1 saturated heterocycles. The van der Waals surface area contributed by atoms with Crippen LogP contribution in [0.4, 0.5) is 0 Å². The van der Waals surface area contributed by atoms with Gasteiger partial charge >= 0.3 is 0 Å². The van der Waals surface area contributed by atoms with Crippen LogP contribution in [0.15, 0.2) is 18.2 Å². The number of amides is 1. The van der Waals surface area contributed by atoms with Crippen molar-refractivity contribution in [2.24, 2.45) is 5.73 Å². The standard InChI is InChI=1S/C16H22N2O3/c1-3-21-13-7-4-10(8-14(13)20-2)16-12(17)9-15(19)18(16)11-5-6-11/h4,7-8,11-12,16H,3,5-6,9,17H2,1-2H3. The highest BCUT2D eigenvalue weighted by molar-refractivity contribution is 5.81. The maximum Gasteiger partial charge on any atom is 0.225 e. The van der Waals surface area contributed by atoms with Gasteiger partial charge in [0.15, 0.2) is 11.5 Å². The highest BCUT2D eigenvalue weighted by Crippen LogP contribution is 2.42. The minimum absolute atomic E-state index is 0.0467. The molecule has 1 aliphatic heterocycles. The highest BCUT2D eigenvalue weighted by atomic mass is 16.5. The third kappa shape index (κ3) is 2.58. The lowest BCUT2D eigenvalue weighted by molar-refractivity contribution is -0.129. The molecule has 1 amide bonds. The number of methoxy groups -OCH3 is 1. The Bertz CT molecular complexity index is 542. The molecular formula is C16H22N2O3. The van der Waals surface area contributed by atoms with Gasteiger partial charge in [-0.15, -0.1) is 0 Å². The summed E-state index contributed by atoms with van der Waals surface area (Å²) in [6.45, 7) is 2.53. The number of carbonyl (C=O) groups excluding carboxylic acids is 1. The van der Waals surface area contributed by atoms with E-state index >= 15 is 0 Å². The SMILES string of the molecule is CCOc1ccc(C2C(N)CC(=O)N2C2CC2)cc1OC. The Balaban J connectivity index is 1.93. The van der Waals surface area contributed by atoms with Gasteiger partial charge in [0, 0.05) is 18.5 Å². The van der Waals surface area contributed by atoms with Crippen LogP contribution in [0.5, 0.6) is 11.5 Å². The van der Waals surface area contributed by atoms with Crippen molar-refractivity contribution in [3.63, 3.8) is 0 Å². The Morgan fingerprint density at radius 1 is 1.33 bits per heavy atom. The van der Waals surface area contributed by atoms with Gasteiger partial charge in [-0.05, 0) is 37.5 Å². The van der Waals surface area contributed by atoms with Gasteiger partial charge in [0.2, 0.25) is 5.91 Å². The van der Waals surface area contributed by atoms with Gasteiger partial charge < -0.3 is 20.1 Å². The van der Waals surface area contributed by atoms with Crippen LogP contribution < -0.4 is 15.2 Å². The monoisotopic (exact) mass is 290 g/mol. The first-order valence-electron chi connectivity index (χ1n) is 7.53. The van der Waals surface area contributed by atoms with Crippen LogP contribution in [0.2, 0.25) is 0 Å². The molecule has 0 spiro atoms. The Hall–Kier alpha value is -1.75. The van der Waals surface area contributed by atoms with Crippen molar-refractivity contribution >= 4 is 5.91 Å². The molecule has 21 heavy (non-hydrogen) atoms. The quantitative estimate of drug-likeness (QED) is 0.899. The number of benzene rings is 1. The van der Waals surface area contributed by atoms with E-state index in [1.165, 1.54) is 0 Å². The Morgan fingerprint density at radius 3 is 2.71 bits per heavy atom. The van der Waals surface area contributed by atoms with Crippen molar-refractivity contribution in [3.05, 3.63) is 23.8 Å². The van der Waals surface area contributed by atoms with Crippen LogP contribution in [0.25, 0.3) is 0 Å². The molecule has 1 aliphatic carbocycles. The van der Waals surface area contributed by atoms with Crippen molar-refractivity contribution in [1.82, 2.24) is 4.90 Å². The summed E-state index contributed by atoms with van der Waals surface area (Å²) >= 11 is 0. The molecule has 2 N–H and O–H groups in total. The number of nitrogens with zero attached hydrogens (tertiary/aromatic N) is 1. The molecule has 3 rings (SSSR count). The van der Waals surface area contributed by atoms with Crippen LogP contribution in [0.3, 0.4) is 0 Å². The molecule has 0 aromatic heterocycles. The zero-order chi connectivity index (χ0) is 15.0. The number of rotatable bonds is 5. The summed E-state index contributed by atoms with van der Waals surface area (Å²) in [5, 5.41) is 0. The first kappa shape index (κ1) is 14.2. The smallest absolute Gasteiger partial charge is 0.225 e. The van der Waals surface area contributed by atoms with E-state index in [9.17, 15) is 4.79 Å². The number of ether oxygens (including phenoxy) is 2. The van der Waals surface area contributed by atoms with Crippen LogP contribution >= 0.6 is 0 Å². The lowest BCUT2D eigenvalue weighted by Crippen LogP contribution is -2.34. The van der Waals surface area contributed by atoms with E-state index in [0.717, 1.165) is 24.2 Å². The predicted octanol–water partition coefficient (Wildman–Crippen LogP) is 1.86. The van der Waals surface area contributed by atoms with Gasteiger partial charge in [-0.1, -0.05) is 6.07 Å². The van der Waals surface area contributed by atoms with E-state index in [1.807, 2.05) is 30.0 Å².